The molecule has 0 atom stereocenters. The van der Waals surface area contributed by atoms with E-state index in [-0.39, 0.29) is 11.7 Å². The Morgan fingerprint density at radius 2 is 2.05 bits per heavy atom. The van der Waals surface area contributed by atoms with E-state index in [1.165, 1.54) is 0 Å². The molecule has 0 aliphatic rings. The monoisotopic (exact) mass is 330 g/mol. The van der Waals surface area contributed by atoms with Gasteiger partial charge in [0.25, 0.3) is 5.91 Å². The van der Waals surface area contributed by atoms with Crippen LogP contribution in [0.25, 0.3) is 10.9 Å². The molecule has 0 saturated carbocycles. The zero-order valence-electron chi connectivity index (χ0n) is 10.7. The molecule has 20 heavy (non-hydrogen) atoms. The molecule has 0 fully saturated rings. The average molecular weight is 331 g/mol. The van der Waals surface area contributed by atoms with E-state index in [0.29, 0.717) is 4.67 Å². The first-order valence-electron chi connectivity index (χ1n) is 6.06. The van der Waals surface area contributed by atoms with Crippen LogP contribution >= 0.6 is 15.9 Å². The van der Waals surface area contributed by atoms with Crippen molar-refractivity contribution in [3.05, 3.63) is 58.6 Å². The van der Waals surface area contributed by atoms with Crippen molar-refractivity contribution in [3.63, 3.8) is 0 Å². The Morgan fingerprint density at radius 1 is 1.25 bits per heavy atom. The van der Waals surface area contributed by atoms with E-state index in [0.717, 1.165) is 22.3 Å². The van der Waals surface area contributed by atoms with Crippen LogP contribution in [-0.2, 0) is 0 Å². The molecule has 2 aromatic heterocycles. The summed E-state index contributed by atoms with van der Waals surface area (Å²) in [6.45, 7) is 1.89. The predicted octanol–water partition coefficient (Wildman–Crippen LogP) is 4.15. The van der Waals surface area contributed by atoms with Gasteiger partial charge >= 0.3 is 0 Å². The third-order valence-corrected chi connectivity index (χ3v) is 3.32. The fourth-order valence-electron chi connectivity index (χ4n) is 2.03. The van der Waals surface area contributed by atoms with Gasteiger partial charge in [0.2, 0.25) is 0 Å². The number of anilines is 1. The van der Waals surface area contributed by atoms with Crippen LogP contribution < -0.4 is 5.32 Å². The zero-order valence-corrected chi connectivity index (χ0v) is 12.3. The van der Waals surface area contributed by atoms with Gasteiger partial charge in [-0.15, -0.1) is 0 Å². The van der Waals surface area contributed by atoms with Gasteiger partial charge in [0.05, 0.1) is 11.2 Å². The zero-order chi connectivity index (χ0) is 14.1. The molecule has 0 radical (unpaired) electrons. The molecule has 0 aliphatic heterocycles. The van der Waals surface area contributed by atoms with Crippen LogP contribution in [-0.4, -0.2) is 10.9 Å². The minimum absolute atomic E-state index is 0.260. The Kier molecular flexibility index (Phi) is 3.28. The van der Waals surface area contributed by atoms with Crippen LogP contribution in [0.4, 0.5) is 5.69 Å². The van der Waals surface area contributed by atoms with Gasteiger partial charge in [-0.05, 0) is 47.1 Å². The summed E-state index contributed by atoms with van der Waals surface area (Å²) in [6.07, 6.45) is 0. The topological polar surface area (TPSA) is 55.1 Å². The number of carbonyl (C=O) groups is 1. The fourth-order valence-corrected chi connectivity index (χ4v) is 2.34. The van der Waals surface area contributed by atoms with E-state index in [1.807, 2.05) is 37.3 Å². The van der Waals surface area contributed by atoms with Crippen LogP contribution in [0.1, 0.15) is 16.2 Å². The summed E-state index contributed by atoms with van der Waals surface area (Å²) in [7, 11) is 0. The number of nitrogens with one attached hydrogen (secondary N) is 1. The van der Waals surface area contributed by atoms with Gasteiger partial charge in [0.1, 0.15) is 0 Å². The maximum Gasteiger partial charge on any atom is 0.291 e. The first kappa shape index (κ1) is 12.9. The van der Waals surface area contributed by atoms with Gasteiger partial charge in [-0.25, -0.2) is 0 Å². The summed E-state index contributed by atoms with van der Waals surface area (Å²) < 4.78 is 5.78. The van der Waals surface area contributed by atoms with Crippen molar-refractivity contribution in [2.45, 2.75) is 6.92 Å². The van der Waals surface area contributed by atoms with Crippen molar-refractivity contribution in [1.82, 2.24) is 4.98 Å². The summed E-state index contributed by atoms with van der Waals surface area (Å²) in [5.41, 5.74) is 2.42. The van der Waals surface area contributed by atoms with E-state index in [2.05, 4.69) is 26.2 Å². The molecule has 0 spiro atoms. The SMILES string of the molecule is Cc1cc(NC(=O)c2ccc(Br)o2)c2ccccc2n1. The van der Waals surface area contributed by atoms with Gasteiger partial charge in [-0.2, -0.15) is 0 Å². The number of aryl methyl sites for hydroxylation is 1. The molecule has 4 nitrogen and oxygen atoms in total. The summed E-state index contributed by atoms with van der Waals surface area (Å²) in [5.74, 6) is -0.0260. The van der Waals surface area contributed by atoms with Gasteiger partial charge in [0, 0.05) is 11.1 Å². The third-order valence-electron chi connectivity index (χ3n) is 2.89. The number of nitrogens with zero attached hydrogens (tertiary/aromatic N) is 1. The Labute approximate surface area is 123 Å². The van der Waals surface area contributed by atoms with E-state index in [4.69, 9.17) is 4.42 Å². The Hall–Kier alpha value is -2.14. The molecule has 100 valence electrons. The highest BCUT2D eigenvalue weighted by Gasteiger charge is 2.12. The normalized spacial score (nSPS) is 10.7. The number of furan rings is 1. The number of fused-ring (bicyclic) bond motifs is 1. The number of halogens is 1. The van der Waals surface area contributed by atoms with E-state index in [1.54, 1.807) is 12.1 Å². The van der Waals surface area contributed by atoms with Crippen molar-refractivity contribution in [3.8, 4) is 0 Å². The number of pyridine rings is 1. The van der Waals surface area contributed by atoms with Crippen LogP contribution in [0.15, 0.2) is 51.6 Å². The Balaban J connectivity index is 2.00. The van der Waals surface area contributed by atoms with Crippen LogP contribution in [0.2, 0.25) is 0 Å². The summed E-state index contributed by atoms with van der Waals surface area (Å²) in [6, 6.07) is 12.8. The number of amides is 1. The number of hydrogen-bond donors (Lipinski definition) is 1. The number of hydrogen-bond acceptors (Lipinski definition) is 3. The molecule has 0 unspecified atom stereocenters. The molecule has 1 N–H and O–H groups in total. The molecule has 0 aliphatic carbocycles. The maximum absolute atomic E-state index is 12.1. The number of rotatable bonds is 2. The molecular weight excluding hydrogens is 320 g/mol. The first-order chi connectivity index (χ1) is 9.63. The first-order valence-corrected chi connectivity index (χ1v) is 6.86. The Bertz CT molecular complexity index is 795. The van der Waals surface area contributed by atoms with E-state index >= 15 is 0 Å². The molecule has 1 aromatic carbocycles. The van der Waals surface area contributed by atoms with Crippen LogP contribution in [0, 0.1) is 6.92 Å². The quantitative estimate of drug-likeness (QED) is 0.767. The number of aromatic nitrogens is 1. The maximum atomic E-state index is 12.1. The predicted molar refractivity (Wildman–Crippen MR) is 80.8 cm³/mol. The highest BCUT2D eigenvalue weighted by atomic mass is 79.9. The lowest BCUT2D eigenvalue weighted by atomic mass is 10.1. The number of benzene rings is 1. The third kappa shape index (κ3) is 2.44. The fraction of sp³-hybridized carbons (Fsp3) is 0.0667. The lowest BCUT2D eigenvalue weighted by Gasteiger charge is -2.08. The van der Waals surface area contributed by atoms with Crippen molar-refractivity contribution in [1.29, 1.82) is 0 Å². The minimum Gasteiger partial charge on any atom is -0.444 e. The second-order valence-corrected chi connectivity index (χ2v) is 5.17. The lowest BCUT2D eigenvalue weighted by molar-refractivity contribution is 0.0995. The van der Waals surface area contributed by atoms with Crippen molar-refractivity contribution < 1.29 is 9.21 Å². The van der Waals surface area contributed by atoms with Crippen molar-refractivity contribution in [2.75, 3.05) is 5.32 Å². The summed E-state index contributed by atoms with van der Waals surface area (Å²) >= 11 is 3.18. The van der Waals surface area contributed by atoms with Gasteiger partial charge in [-0.3, -0.25) is 9.78 Å². The largest absolute Gasteiger partial charge is 0.444 e. The second kappa shape index (κ2) is 5.09. The molecule has 2 heterocycles. The van der Waals surface area contributed by atoms with E-state index < -0.39 is 0 Å². The molecule has 5 heteroatoms. The molecular formula is C15H11BrN2O2. The molecule has 3 aromatic rings. The second-order valence-electron chi connectivity index (χ2n) is 4.39. The highest BCUT2D eigenvalue weighted by molar-refractivity contribution is 9.10. The van der Waals surface area contributed by atoms with E-state index in [9.17, 15) is 4.79 Å². The lowest BCUT2D eigenvalue weighted by Crippen LogP contribution is -2.11. The van der Waals surface area contributed by atoms with Gasteiger partial charge < -0.3 is 9.73 Å². The highest BCUT2D eigenvalue weighted by Crippen LogP contribution is 2.24. The summed E-state index contributed by atoms with van der Waals surface area (Å²) in [4.78, 5) is 16.6. The average Bonchev–Trinajstić information content (AvgIpc) is 2.85. The van der Waals surface area contributed by atoms with Crippen molar-refractivity contribution >= 4 is 38.4 Å². The standard InChI is InChI=1S/C15H11BrN2O2/c1-9-8-12(10-4-2-3-5-11(10)17-9)18-15(19)13-6-7-14(16)20-13/h2-8H,1H3,(H,17,18,19). The van der Waals surface area contributed by atoms with Crippen LogP contribution in [0.5, 0.6) is 0 Å². The molecule has 3 rings (SSSR count). The van der Waals surface area contributed by atoms with Gasteiger partial charge in [-0.1, -0.05) is 18.2 Å². The Morgan fingerprint density at radius 3 is 2.80 bits per heavy atom. The molecule has 0 saturated heterocycles. The summed E-state index contributed by atoms with van der Waals surface area (Å²) in [5, 5.41) is 3.76. The van der Waals surface area contributed by atoms with Gasteiger partial charge in [0.15, 0.2) is 10.4 Å². The number of carbonyl (C=O) groups excluding carboxylic acids is 1. The smallest absolute Gasteiger partial charge is 0.291 e. The van der Waals surface area contributed by atoms with Crippen LogP contribution in [0.3, 0.4) is 0 Å². The van der Waals surface area contributed by atoms with Crippen molar-refractivity contribution in [2.24, 2.45) is 0 Å². The molecule has 0 bridgehead atoms. The minimum atomic E-state index is -0.286. The number of para-hydroxylation sites is 1. The molecule has 1 amide bonds.